The van der Waals surface area contributed by atoms with Crippen LogP contribution in [0.3, 0.4) is 0 Å². The number of aromatic nitrogens is 4. The number of fused-ring (bicyclic) bond motifs is 1. The van der Waals surface area contributed by atoms with Crippen molar-refractivity contribution in [3.05, 3.63) is 62.9 Å². The van der Waals surface area contributed by atoms with Crippen LogP contribution in [0.2, 0.25) is 0 Å². The zero-order chi connectivity index (χ0) is 12.7. The van der Waals surface area contributed by atoms with Gasteiger partial charge in [0.15, 0.2) is 0 Å². The van der Waals surface area contributed by atoms with Crippen molar-refractivity contribution < 1.29 is 0 Å². The van der Waals surface area contributed by atoms with E-state index in [2.05, 4.69) is 9.97 Å². The van der Waals surface area contributed by atoms with Gasteiger partial charge in [0.25, 0.3) is 5.56 Å². The molecule has 0 fully saturated rings. The minimum absolute atomic E-state index is 0.119. The molecule has 0 radical (unpaired) electrons. The first-order valence-electron chi connectivity index (χ1n) is 5.58. The molecular weight excluding hydrogens is 232 g/mol. The van der Waals surface area contributed by atoms with Crippen molar-refractivity contribution in [1.29, 1.82) is 0 Å². The first-order valence-corrected chi connectivity index (χ1v) is 5.58. The second-order valence-corrected chi connectivity index (χ2v) is 4.19. The van der Waals surface area contributed by atoms with Crippen LogP contribution in [0.15, 0.2) is 40.3 Å². The van der Waals surface area contributed by atoms with E-state index in [1.165, 1.54) is 0 Å². The van der Waals surface area contributed by atoms with E-state index >= 15 is 0 Å². The molecule has 0 bridgehead atoms. The lowest BCUT2D eigenvalue weighted by atomic mass is 10.2. The fourth-order valence-corrected chi connectivity index (χ4v) is 2.07. The lowest BCUT2D eigenvalue weighted by Gasteiger charge is -2.05. The van der Waals surface area contributed by atoms with Crippen molar-refractivity contribution in [2.24, 2.45) is 7.05 Å². The van der Waals surface area contributed by atoms with Gasteiger partial charge in [-0.2, -0.15) is 0 Å². The molecular formula is C12H12N4O2. The summed E-state index contributed by atoms with van der Waals surface area (Å²) in [7, 11) is 1.71. The highest BCUT2D eigenvalue weighted by Crippen LogP contribution is 2.08. The number of aromatic amines is 2. The summed E-state index contributed by atoms with van der Waals surface area (Å²) in [5.41, 5.74) is 2.13. The van der Waals surface area contributed by atoms with E-state index in [1.807, 2.05) is 16.7 Å². The van der Waals surface area contributed by atoms with E-state index in [0.29, 0.717) is 11.9 Å². The number of hydrogen-bond acceptors (Lipinski definition) is 2. The van der Waals surface area contributed by atoms with Gasteiger partial charge in [-0.3, -0.25) is 9.36 Å². The van der Waals surface area contributed by atoms with Gasteiger partial charge in [-0.15, -0.1) is 0 Å². The van der Waals surface area contributed by atoms with Crippen molar-refractivity contribution in [3.8, 4) is 0 Å². The van der Waals surface area contributed by atoms with Gasteiger partial charge in [-0.05, 0) is 12.1 Å². The summed E-state index contributed by atoms with van der Waals surface area (Å²) in [6, 6.07) is 3.59. The number of imidazole rings is 1. The molecule has 0 saturated heterocycles. The molecule has 2 N–H and O–H groups in total. The zero-order valence-corrected chi connectivity index (χ0v) is 9.80. The summed E-state index contributed by atoms with van der Waals surface area (Å²) < 4.78 is 3.39. The van der Waals surface area contributed by atoms with Gasteiger partial charge in [-0.25, -0.2) is 4.79 Å². The molecule has 0 aromatic carbocycles. The van der Waals surface area contributed by atoms with Crippen LogP contribution in [0, 0.1) is 0 Å². The highest BCUT2D eigenvalue weighted by molar-refractivity contribution is 5.46. The molecule has 18 heavy (non-hydrogen) atoms. The van der Waals surface area contributed by atoms with Gasteiger partial charge in [0.2, 0.25) is 0 Å². The normalized spacial score (nSPS) is 11.2. The average Bonchev–Trinajstić information content (AvgIpc) is 2.95. The van der Waals surface area contributed by atoms with E-state index in [-0.39, 0.29) is 11.2 Å². The van der Waals surface area contributed by atoms with Gasteiger partial charge in [-0.1, -0.05) is 0 Å². The maximum atomic E-state index is 11.6. The molecule has 3 aromatic rings. The Morgan fingerprint density at radius 2 is 1.94 bits per heavy atom. The highest BCUT2D eigenvalue weighted by Gasteiger charge is 2.07. The van der Waals surface area contributed by atoms with Crippen molar-refractivity contribution in [2.45, 2.75) is 6.42 Å². The van der Waals surface area contributed by atoms with Crippen LogP contribution in [0.4, 0.5) is 0 Å². The molecule has 0 spiro atoms. The summed E-state index contributed by atoms with van der Waals surface area (Å²) in [5.74, 6) is 0. The van der Waals surface area contributed by atoms with Crippen molar-refractivity contribution in [1.82, 2.24) is 18.9 Å². The molecule has 0 unspecified atom stereocenters. The highest BCUT2D eigenvalue weighted by atomic mass is 16.1. The standard InChI is InChI=1S/C12H12N4O2/c1-15-8(6-14-12(15)18)5-9-7-13-11(17)10-3-2-4-16(9)10/h2-4,6-7H,5H2,1H3,(H,13,17)(H,14,18). The summed E-state index contributed by atoms with van der Waals surface area (Å²) in [5, 5.41) is 0. The molecule has 0 aliphatic rings. The molecule has 6 nitrogen and oxygen atoms in total. The average molecular weight is 244 g/mol. The number of nitrogens with one attached hydrogen (secondary N) is 2. The molecule has 3 rings (SSSR count). The first-order chi connectivity index (χ1) is 8.66. The van der Waals surface area contributed by atoms with Gasteiger partial charge in [0.05, 0.1) is 0 Å². The number of hydrogen-bond donors (Lipinski definition) is 2. The van der Waals surface area contributed by atoms with E-state index in [0.717, 1.165) is 11.4 Å². The Kier molecular flexibility index (Phi) is 2.22. The summed E-state index contributed by atoms with van der Waals surface area (Å²) in [6.07, 6.45) is 5.76. The third kappa shape index (κ3) is 1.50. The van der Waals surface area contributed by atoms with Crippen LogP contribution in [-0.4, -0.2) is 18.9 Å². The largest absolute Gasteiger partial charge is 0.326 e. The van der Waals surface area contributed by atoms with Crippen LogP contribution in [-0.2, 0) is 13.5 Å². The molecule has 0 saturated carbocycles. The Balaban J connectivity index is 2.13. The van der Waals surface area contributed by atoms with E-state index in [4.69, 9.17) is 0 Å². The van der Waals surface area contributed by atoms with Crippen LogP contribution in [0.1, 0.15) is 11.4 Å². The van der Waals surface area contributed by atoms with E-state index in [9.17, 15) is 9.59 Å². The number of nitrogens with zero attached hydrogens (tertiary/aromatic N) is 2. The van der Waals surface area contributed by atoms with Gasteiger partial charge >= 0.3 is 5.69 Å². The Bertz CT molecular complexity index is 818. The lowest BCUT2D eigenvalue weighted by molar-refractivity contribution is 0.794. The summed E-state index contributed by atoms with van der Waals surface area (Å²) >= 11 is 0. The molecule has 0 amide bonds. The minimum atomic E-state index is -0.141. The molecule has 0 aliphatic heterocycles. The summed E-state index contributed by atoms with van der Waals surface area (Å²) in [4.78, 5) is 28.3. The quantitative estimate of drug-likeness (QED) is 0.678. The molecule has 92 valence electrons. The lowest BCUT2D eigenvalue weighted by Crippen LogP contribution is -2.16. The predicted octanol–water partition coefficient (Wildman–Crippen LogP) is 0.245. The molecule has 3 aromatic heterocycles. The zero-order valence-electron chi connectivity index (χ0n) is 9.80. The second kappa shape index (κ2) is 3.76. The second-order valence-electron chi connectivity index (χ2n) is 4.19. The van der Waals surface area contributed by atoms with E-state index in [1.54, 1.807) is 30.1 Å². The fourth-order valence-electron chi connectivity index (χ4n) is 2.07. The third-order valence-corrected chi connectivity index (χ3v) is 3.12. The van der Waals surface area contributed by atoms with Crippen LogP contribution < -0.4 is 11.2 Å². The molecule has 0 atom stereocenters. The molecule has 3 heterocycles. The van der Waals surface area contributed by atoms with E-state index < -0.39 is 0 Å². The number of H-pyrrole nitrogens is 2. The Morgan fingerprint density at radius 3 is 2.67 bits per heavy atom. The van der Waals surface area contributed by atoms with Crippen LogP contribution >= 0.6 is 0 Å². The predicted molar refractivity (Wildman–Crippen MR) is 66.9 cm³/mol. The number of rotatable bonds is 2. The minimum Gasteiger partial charge on any atom is -0.326 e. The monoisotopic (exact) mass is 244 g/mol. The fraction of sp³-hybridized carbons (Fsp3) is 0.167. The Morgan fingerprint density at radius 1 is 1.17 bits per heavy atom. The first kappa shape index (κ1) is 10.6. The van der Waals surface area contributed by atoms with Gasteiger partial charge in [0.1, 0.15) is 5.52 Å². The SMILES string of the molecule is Cn1c(Cc2c[nH]c(=O)c3cccn23)c[nH]c1=O. The maximum absolute atomic E-state index is 11.6. The Labute approximate surface area is 102 Å². The van der Waals surface area contributed by atoms with Gasteiger partial charge < -0.3 is 14.4 Å². The maximum Gasteiger partial charge on any atom is 0.325 e. The smallest absolute Gasteiger partial charge is 0.325 e. The van der Waals surface area contributed by atoms with Gasteiger partial charge in [0, 0.05) is 43.4 Å². The van der Waals surface area contributed by atoms with Crippen molar-refractivity contribution in [2.75, 3.05) is 0 Å². The van der Waals surface area contributed by atoms with Crippen LogP contribution in [0.5, 0.6) is 0 Å². The molecule has 0 aliphatic carbocycles. The molecule has 6 heteroatoms. The van der Waals surface area contributed by atoms with Crippen molar-refractivity contribution in [3.63, 3.8) is 0 Å². The topological polar surface area (TPSA) is 75.1 Å². The third-order valence-electron chi connectivity index (χ3n) is 3.12. The van der Waals surface area contributed by atoms with Crippen molar-refractivity contribution >= 4 is 5.52 Å². The Hall–Kier alpha value is -2.50. The summed E-state index contributed by atoms with van der Waals surface area (Å²) in [6.45, 7) is 0. The van der Waals surface area contributed by atoms with Crippen LogP contribution in [0.25, 0.3) is 5.52 Å².